The van der Waals surface area contributed by atoms with E-state index in [2.05, 4.69) is 41.6 Å². The topological polar surface area (TPSA) is 67.2 Å². The van der Waals surface area contributed by atoms with E-state index in [0.717, 1.165) is 16.8 Å². The Labute approximate surface area is 157 Å². The standard InChI is InChI=1S/C20H21N3O2S/c1-11(2)18(24)23-20(26)21-15-7-8-17-16(10-15)22-19(25-17)14-6-5-12(3)13(4)9-14/h5-11H,1-4H3,(H2,21,23,24,26). The lowest BCUT2D eigenvalue weighted by Gasteiger charge is -2.10. The molecule has 0 saturated heterocycles. The Hall–Kier alpha value is -2.73. The second kappa shape index (κ2) is 7.25. The average Bonchev–Trinajstić information content (AvgIpc) is 3.00. The van der Waals surface area contributed by atoms with Crippen LogP contribution in [0.25, 0.3) is 22.6 Å². The van der Waals surface area contributed by atoms with Gasteiger partial charge in [0.2, 0.25) is 11.8 Å². The van der Waals surface area contributed by atoms with Crippen LogP contribution in [0.4, 0.5) is 5.69 Å². The number of nitrogens with zero attached hydrogens (tertiary/aromatic N) is 1. The third-order valence-electron chi connectivity index (χ3n) is 4.16. The predicted molar refractivity (Wildman–Crippen MR) is 108 cm³/mol. The van der Waals surface area contributed by atoms with Gasteiger partial charge in [0, 0.05) is 17.2 Å². The SMILES string of the molecule is Cc1ccc(-c2nc3cc(NC(=S)NC(=O)C(C)C)ccc3o2)cc1C. The molecule has 1 aromatic heterocycles. The van der Waals surface area contributed by atoms with Gasteiger partial charge in [0.15, 0.2) is 10.7 Å². The summed E-state index contributed by atoms with van der Waals surface area (Å²) >= 11 is 5.18. The van der Waals surface area contributed by atoms with E-state index in [1.165, 1.54) is 11.1 Å². The van der Waals surface area contributed by atoms with E-state index in [-0.39, 0.29) is 16.9 Å². The largest absolute Gasteiger partial charge is 0.436 e. The number of aromatic nitrogens is 1. The van der Waals surface area contributed by atoms with Crippen LogP contribution in [0, 0.1) is 19.8 Å². The number of nitrogens with one attached hydrogen (secondary N) is 2. The molecule has 5 nitrogen and oxygen atoms in total. The van der Waals surface area contributed by atoms with Crippen molar-refractivity contribution in [2.45, 2.75) is 27.7 Å². The van der Waals surface area contributed by atoms with E-state index in [0.29, 0.717) is 11.5 Å². The van der Waals surface area contributed by atoms with Crippen molar-refractivity contribution in [3.8, 4) is 11.5 Å². The van der Waals surface area contributed by atoms with Gasteiger partial charge in [-0.1, -0.05) is 19.9 Å². The third kappa shape index (κ3) is 3.91. The Kier molecular flexibility index (Phi) is 5.04. The molecule has 0 unspecified atom stereocenters. The first-order valence-electron chi connectivity index (χ1n) is 8.43. The normalized spacial score (nSPS) is 11.0. The average molecular weight is 367 g/mol. The van der Waals surface area contributed by atoms with Crippen LogP contribution in [0.3, 0.4) is 0 Å². The van der Waals surface area contributed by atoms with Crippen LogP contribution in [-0.4, -0.2) is 16.0 Å². The molecule has 2 N–H and O–H groups in total. The van der Waals surface area contributed by atoms with Crippen LogP contribution in [0.2, 0.25) is 0 Å². The number of hydrogen-bond donors (Lipinski definition) is 2. The molecule has 26 heavy (non-hydrogen) atoms. The lowest BCUT2D eigenvalue weighted by Crippen LogP contribution is -2.36. The summed E-state index contributed by atoms with van der Waals surface area (Å²) in [6.45, 7) is 7.77. The first-order chi connectivity index (χ1) is 12.3. The molecule has 6 heteroatoms. The molecule has 134 valence electrons. The number of aryl methyl sites for hydroxylation is 2. The van der Waals surface area contributed by atoms with Gasteiger partial charge in [0.25, 0.3) is 0 Å². The molecular formula is C20H21N3O2S. The van der Waals surface area contributed by atoms with E-state index in [4.69, 9.17) is 16.6 Å². The predicted octanol–water partition coefficient (Wildman–Crippen LogP) is 4.58. The summed E-state index contributed by atoms with van der Waals surface area (Å²) in [6.07, 6.45) is 0. The number of oxazole rings is 1. The number of carbonyl (C=O) groups excluding carboxylic acids is 1. The Morgan fingerprint density at radius 3 is 2.58 bits per heavy atom. The lowest BCUT2D eigenvalue weighted by atomic mass is 10.1. The van der Waals surface area contributed by atoms with Crippen molar-refractivity contribution in [1.82, 2.24) is 10.3 Å². The molecule has 0 bridgehead atoms. The summed E-state index contributed by atoms with van der Waals surface area (Å²) in [7, 11) is 0. The van der Waals surface area contributed by atoms with Crippen molar-refractivity contribution < 1.29 is 9.21 Å². The summed E-state index contributed by atoms with van der Waals surface area (Å²) in [5.41, 5.74) is 5.53. The summed E-state index contributed by atoms with van der Waals surface area (Å²) in [4.78, 5) is 16.3. The van der Waals surface area contributed by atoms with Gasteiger partial charge in [-0.2, -0.15) is 0 Å². The Balaban J connectivity index is 1.82. The maximum absolute atomic E-state index is 11.7. The van der Waals surface area contributed by atoms with Crippen molar-refractivity contribution in [3.63, 3.8) is 0 Å². The molecular weight excluding hydrogens is 346 g/mol. The highest BCUT2D eigenvalue weighted by Gasteiger charge is 2.12. The fourth-order valence-corrected chi connectivity index (χ4v) is 2.64. The molecule has 0 aliphatic carbocycles. The molecule has 0 radical (unpaired) electrons. The van der Waals surface area contributed by atoms with Gasteiger partial charge in [-0.15, -0.1) is 0 Å². The molecule has 1 amide bonds. The summed E-state index contributed by atoms with van der Waals surface area (Å²) in [6, 6.07) is 11.6. The number of amides is 1. The molecule has 3 rings (SSSR count). The van der Waals surface area contributed by atoms with E-state index in [1.807, 2.05) is 38.1 Å². The van der Waals surface area contributed by atoms with E-state index in [1.54, 1.807) is 0 Å². The highest BCUT2D eigenvalue weighted by molar-refractivity contribution is 7.80. The van der Waals surface area contributed by atoms with Crippen molar-refractivity contribution in [2.75, 3.05) is 5.32 Å². The van der Waals surface area contributed by atoms with Gasteiger partial charge in [-0.25, -0.2) is 4.98 Å². The van der Waals surface area contributed by atoms with Crippen molar-refractivity contribution in [2.24, 2.45) is 5.92 Å². The second-order valence-electron chi connectivity index (χ2n) is 6.60. The fraction of sp³-hybridized carbons (Fsp3) is 0.250. The third-order valence-corrected chi connectivity index (χ3v) is 4.36. The van der Waals surface area contributed by atoms with Crippen LogP contribution in [0.15, 0.2) is 40.8 Å². The van der Waals surface area contributed by atoms with Crippen LogP contribution in [0.5, 0.6) is 0 Å². The molecule has 3 aromatic rings. The number of rotatable bonds is 3. The Bertz CT molecular complexity index is 992. The molecule has 0 atom stereocenters. The Morgan fingerprint density at radius 1 is 1.12 bits per heavy atom. The van der Waals surface area contributed by atoms with Gasteiger partial charge in [-0.3, -0.25) is 4.79 Å². The zero-order valence-electron chi connectivity index (χ0n) is 15.2. The van der Waals surface area contributed by atoms with Crippen LogP contribution in [0.1, 0.15) is 25.0 Å². The van der Waals surface area contributed by atoms with Crippen LogP contribution in [-0.2, 0) is 4.79 Å². The quantitative estimate of drug-likeness (QED) is 0.663. The monoisotopic (exact) mass is 367 g/mol. The maximum Gasteiger partial charge on any atom is 0.228 e. The first kappa shape index (κ1) is 18.1. The molecule has 0 aliphatic heterocycles. The lowest BCUT2D eigenvalue weighted by molar-refractivity contribution is -0.122. The summed E-state index contributed by atoms with van der Waals surface area (Å²) in [5.74, 6) is 0.325. The van der Waals surface area contributed by atoms with Crippen LogP contribution < -0.4 is 10.6 Å². The zero-order valence-corrected chi connectivity index (χ0v) is 16.0. The minimum absolute atomic E-state index is 0.123. The van der Waals surface area contributed by atoms with E-state index < -0.39 is 0 Å². The number of carbonyl (C=O) groups is 1. The summed E-state index contributed by atoms with van der Waals surface area (Å²) in [5, 5.41) is 5.92. The van der Waals surface area contributed by atoms with Gasteiger partial charge >= 0.3 is 0 Å². The molecule has 1 heterocycles. The van der Waals surface area contributed by atoms with Crippen LogP contribution >= 0.6 is 12.2 Å². The van der Waals surface area contributed by atoms with Crippen molar-refractivity contribution in [3.05, 3.63) is 47.5 Å². The molecule has 2 aromatic carbocycles. The maximum atomic E-state index is 11.7. The highest BCUT2D eigenvalue weighted by atomic mass is 32.1. The zero-order chi connectivity index (χ0) is 18.8. The van der Waals surface area contributed by atoms with Gasteiger partial charge in [0.05, 0.1) is 0 Å². The molecule has 0 aliphatic rings. The summed E-state index contributed by atoms with van der Waals surface area (Å²) < 4.78 is 5.86. The molecule has 0 saturated carbocycles. The van der Waals surface area contributed by atoms with Gasteiger partial charge in [0.1, 0.15) is 5.52 Å². The molecule has 0 fully saturated rings. The fourth-order valence-electron chi connectivity index (χ4n) is 2.42. The highest BCUT2D eigenvalue weighted by Crippen LogP contribution is 2.27. The van der Waals surface area contributed by atoms with Gasteiger partial charge in [-0.05, 0) is 67.5 Å². The van der Waals surface area contributed by atoms with Crippen molar-refractivity contribution >= 4 is 40.0 Å². The number of hydrogen-bond acceptors (Lipinski definition) is 4. The van der Waals surface area contributed by atoms with Crippen molar-refractivity contribution in [1.29, 1.82) is 0 Å². The smallest absolute Gasteiger partial charge is 0.228 e. The minimum atomic E-state index is -0.131. The second-order valence-corrected chi connectivity index (χ2v) is 7.01. The number of fused-ring (bicyclic) bond motifs is 1. The number of anilines is 1. The van der Waals surface area contributed by atoms with E-state index in [9.17, 15) is 4.79 Å². The Morgan fingerprint density at radius 2 is 1.88 bits per heavy atom. The molecule has 0 spiro atoms. The number of thiocarbonyl (C=S) groups is 1. The minimum Gasteiger partial charge on any atom is -0.436 e. The number of benzene rings is 2. The van der Waals surface area contributed by atoms with E-state index >= 15 is 0 Å². The van der Waals surface area contributed by atoms with Gasteiger partial charge < -0.3 is 15.1 Å². The first-order valence-corrected chi connectivity index (χ1v) is 8.84.